The summed E-state index contributed by atoms with van der Waals surface area (Å²) in [5.41, 5.74) is 0. The molecule has 0 amide bonds. The van der Waals surface area contributed by atoms with E-state index in [9.17, 15) is 8.42 Å². The van der Waals surface area contributed by atoms with Gasteiger partial charge in [-0.15, -0.1) is 0 Å². The molecule has 4 nitrogen and oxygen atoms in total. The zero-order valence-corrected chi connectivity index (χ0v) is 12.1. The van der Waals surface area contributed by atoms with Crippen molar-refractivity contribution in [2.45, 2.75) is 27.7 Å². The standard InChI is InChI=1S/C7H15NO3S.2C2H6/c1-11-5-2-8-3-6-12(9,10)7-4-8;2*1-2/h2-7H2,1H3;2*1-2H3. The van der Waals surface area contributed by atoms with E-state index in [2.05, 4.69) is 4.90 Å². The monoisotopic (exact) mass is 253 g/mol. The van der Waals surface area contributed by atoms with Gasteiger partial charge < -0.3 is 4.74 Å². The molecular weight excluding hydrogens is 226 g/mol. The van der Waals surface area contributed by atoms with Crippen molar-refractivity contribution in [1.29, 1.82) is 0 Å². The van der Waals surface area contributed by atoms with E-state index in [4.69, 9.17) is 4.74 Å². The zero-order valence-electron chi connectivity index (χ0n) is 11.3. The van der Waals surface area contributed by atoms with Gasteiger partial charge in [-0.2, -0.15) is 0 Å². The molecule has 0 aliphatic carbocycles. The lowest BCUT2D eigenvalue weighted by molar-refractivity contribution is 0.153. The molecule has 1 aliphatic rings. The summed E-state index contributed by atoms with van der Waals surface area (Å²) in [6.07, 6.45) is 0. The van der Waals surface area contributed by atoms with Gasteiger partial charge in [0.05, 0.1) is 18.1 Å². The second kappa shape index (κ2) is 11.4. The Labute approximate surface area is 101 Å². The summed E-state index contributed by atoms with van der Waals surface area (Å²) in [6.45, 7) is 10.8. The van der Waals surface area contributed by atoms with Crippen LogP contribution in [0.3, 0.4) is 0 Å². The zero-order chi connectivity index (χ0) is 13.0. The lowest BCUT2D eigenvalue weighted by atomic mass is 10.5. The van der Waals surface area contributed by atoms with Crippen molar-refractivity contribution in [2.75, 3.05) is 44.9 Å². The third-order valence-corrected chi connectivity index (χ3v) is 3.66. The first-order chi connectivity index (χ1) is 7.64. The quantitative estimate of drug-likeness (QED) is 0.763. The molecular formula is C11H27NO3S. The van der Waals surface area contributed by atoms with Gasteiger partial charge in [0, 0.05) is 26.7 Å². The summed E-state index contributed by atoms with van der Waals surface area (Å²) in [5.74, 6) is 0.605. The van der Waals surface area contributed by atoms with Crippen molar-refractivity contribution in [2.24, 2.45) is 0 Å². The van der Waals surface area contributed by atoms with E-state index in [-0.39, 0.29) is 0 Å². The molecule has 0 aromatic heterocycles. The number of hydrogen-bond acceptors (Lipinski definition) is 4. The van der Waals surface area contributed by atoms with Gasteiger partial charge in [0.1, 0.15) is 0 Å². The minimum Gasteiger partial charge on any atom is -0.383 e. The molecule has 0 radical (unpaired) electrons. The third kappa shape index (κ3) is 9.12. The fraction of sp³-hybridized carbons (Fsp3) is 1.00. The molecule has 0 aromatic carbocycles. The van der Waals surface area contributed by atoms with Crippen LogP contribution >= 0.6 is 0 Å². The minimum atomic E-state index is -2.72. The van der Waals surface area contributed by atoms with Gasteiger partial charge in [-0.1, -0.05) is 27.7 Å². The lowest BCUT2D eigenvalue weighted by Crippen LogP contribution is -2.41. The Bertz CT molecular complexity index is 213. The van der Waals surface area contributed by atoms with Gasteiger partial charge in [0.25, 0.3) is 0 Å². The maximum absolute atomic E-state index is 11.0. The van der Waals surface area contributed by atoms with Gasteiger partial charge >= 0.3 is 0 Å². The summed E-state index contributed by atoms with van der Waals surface area (Å²) < 4.78 is 26.9. The molecule has 1 aliphatic heterocycles. The number of nitrogens with zero attached hydrogens (tertiary/aromatic N) is 1. The van der Waals surface area contributed by atoms with Gasteiger partial charge in [0.15, 0.2) is 9.84 Å². The van der Waals surface area contributed by atoms with Crippen LogP contribution in [0.4, 0.5) is 0 Å². The fourth-order valence-electron chi connectivity index (χ4n) is 1.19. The highest BCUT2D eigenvalue weighted by molar-refractivity contribution is 7.91. The van der Waals surface area contributed by atoms with Crippen molar-refractivity contribution in [1.82, 2.24) is 4.90 Å². The maximum Gasteiger partial charge on any atom is 0.152 e. The summed E-state index contributed by atoms with van der Waals surface area (Å²) in [6, 6.07) is 0. The van der Waals surface area contributed by atoms with E-state index in [0.29, 0.717) is 31.2 Å². The van der Waals surface area contributed by atoms with Crippen LogP contribution in [0.5, 0.6) is 0 Å². The molecule has 0 spiro atoms. The average Bonchev–Trinajstić information content (AvgIpc) is 2.33. The summed E-state index contributed by atoms with van der Waals surface area (Å²) in [5, 5.41) is 0. The lowest BCUT2D eigenvalue weighted by Gasteiger charge is -2.25. The van der Waals surface area contributed by atoms with Gasteiger partial charge in [-0.05, 0) is 0 Å². The summed E-state index contributed by atoms with van der Waals surface area (Å²) >= 11 is 0. The Morgan fingerprint density at radius 1 is 1.06 bits per heavy atom. The molecule has 0 unspecified atom stereocenters. The smallest absolute Gasteiger partial charge is 0.152 e. The highest BCUT2D eigenvalue weighted by Gasteiger charge is 2.20. The highest BCUT2D eigenvalue weighted by Crippen LogP contribution is 2.02. The number of rotatable bonds is 3. The van der Waals surface area contributed by atoms with Crippen LogP contribution < -0.4 is 0 Å². The number of methoxy groups -OCH3 is 1. The summed E-state index contributed by atoms with van der Waals surface area (Å²) in [7, 11) is -1.07. The fourth-order valence-corrected chi connectivity index (χ4v) is 2.47. The van der Waals surface area contributed by atoms with E-state index in [1.165, 1.54) is 0 Å². The molecule has 100 valence electrons. The Balaban J connectivity index is 0. The maximum atomic E-state index is 11.0. The predicted molar refractivity (Wildman–Crippen MR) is 69.7 cm³/mol. The molecule has 0 bridgehead atoms. The second-order valence-corrected chi connectivity index (χ2v) is 5.29. The van der Waals surface area contributed by atoms with Crippen LogP contribution in [-0.4, -0.2) is 58.2 Å². The molecule has 1 heterocycles. The molecule has 0 N–H and O–H groups in total. The molecule has 1 fully saturated rings. The van der Waals surface area contributed by atoms with Crippen LogP contribution in [-0.2, 0) is 14.6 Å². The minimum absolute atomic E-state index is 0.302. The molecule has 0 aromatic rings. The SMILES string of the molecule is CC.CC.COCCN1CCS(=O)(=O)CC1. The Morgan fingerprint density at radius 2 is 1.50 bits per heavy atom. The largest absolute Gasteiger partial charge is 0.383 e. The molecule has 0 atom stereocenters. The second-order valence-electron chi connectivity index (χ2n) is 2.99. The first kappa shape index (κ1) is 18.2. The van der Waals surface area contributed by atoms with E-state index < -0.39 is 9.84 Å². The molecule has 1 rings (SSSR count). The Morgan fingerprint density at radius 3 is 1.88 bits per heavy atom. The third-order valence-electron chi connectivity index (χ3n) is 2.05. The van der Waals surface area contributed by atoms with Crippen LogP contribution in [0.2, 0.25) is 0 Å². The van der Waals surface area contributed by atoms with Crippen LogP contribution in [0, 0.1) is 0 Å². The first-order valence-electron chi connectivity index (χ1n) is 6.06. The van der Waals surface area contributed by atoms with Crippen LogP contribution in [0.15, 0.2) is 0 Å². The van der Waals surface area contributed by atoms with Crippen molar-refractivity contribution < 1.29 is 13.2 Å². The van der Waals surface area contributed by atoms with Crippen LogP contribution in [0.1, 0.15) is 27.7 Å². The van der Waals surface area contributed by atoms with Crippen LogP contribution in [0.25, 0.3) is 0 Å². The van der Waals surface area contributed by atoms with Crippen molar-refractivity contribution in [3.8, 4) is 0 Å². The van der Waals surface area contributed by atoms with Crippen molar-refractivity contribution >= 4 is 9.84 Å². The van der Waals surface area contributed by atoms with E-state index in [1.807, 2.05) is 27.7 Å². The topological polar surface area (TPSA) is 46.6 Å². The molecule has 1 saturated heterocycles. The number of ether oxygens (including phenoxy) is 1. The highest BCUT2D eigenvalue weighted by atomic mass is 32.2. The van der Waals surface area contributed by atoms with E-state index in [0.717, 1.165) is 6.54 Å². The number of sulfone groups is 1. The molecule has 16 heavy (non-hydrogen) atoms. The van der Waals surface area contributed by atoms with Crippen molar-refractivity contribution in [3.05, 3.63) is 0 Å². The Hall–Kier alpha value is -0.130. The molecule has 0 saturated carbocycles. The van der Waals surface area contributed by atoms with Gasteiger partial charge in [-0.3, -0.25) is 4.90 Å². The normalized spacial score (nSPS) is 18.8. The van der Waals surface area contributed by atoms with E-state index >= 15 is 0 Å². The number of hydrogen-bond donors (Lipinski definition) is 0. The van der Waals surface area contributed by atoms with Gasteiger partial charge in [0.2, 0.25) is 0 Å². The average molecular weight is 253 g/mol. The Kier molecular flexibility index (Phi) is 12.9. The first-order valence-corrected chi connectivity index (χ1v) is 7.88. The van der Waals surface area contributed by atoms with E-state index in [1.54, 1.807) is 7.11 Å². The predicted octanol–water partition coefficient (Wildman–Crippen LogP) is 1.42. The van der Waals surface area contributed by atoms with Crippen molar-refractivity contribution in [3.63, 3.8) is 0 Å². The summed E-state index contributed by atoms with van der Waals surface area (Å²) in [4.78, 5) is 2.12. The molecule has 5 heteroatoms. The van der Waals surface area contributed by atoms with Gasteiger partial charge in [-0.25, -0.2) is 8.42 Å².